The minimum Gasteiger partial charge on any atom is -0.280 e. The molecule has 0 saturated carbocycles. The molecule has 3 nitrogen and oxygen atoms in total. The first-order valence-electron chi connectivity index (χ1n) is 11.0. The zero-order chi connectivity index (χ0) is 23.5. The maximum absolute atomic E-state index is 12.7. The van der Waals surface area contributed by atoms with Gasteiger partial charge in [0.1, 0.15) is 0 Å². The summed E-state index contributed by atoms with van der Waals surface area (Å²) in [5.41, 5.74) is 10.6. The molecule has 0 unspecified atom stereocenters. The number of anilines is 1. The number of benzene rings is 4. The van der Waals surface area contributed by atoms with Crippen LogP contribution in [0.4, 0.5) is 5.69 Å². The van der Waals surface area contributed by atoms with E-state index in [0.29, 0.717) is 5.69 Å². The lowest BCUT2D eigenvalue weighted by molar-refractivity contribution is 0.601. The van der Waals surface area contributed by atoms with Crippen LogP contribution in [0.25, 0.3) is 11.6 Å². The third-order valence-corrected chi connectivity index (χ3v) is 7.49. The minimum absolute atomic E-state index is 0.225. The number of rotatable bonds is 4. The lowest BCUT2D eigenvalue weighted by Gasteiger charge is -2.10. The van der Waals surface area contributed by atoms with Crippen molar-refractivity contribution in [1.29, 1.82) is 0 Å². The fraction of sp³-hybridized carbons (Fsp3) is 0.0690. The predicted molar refractivity (Wildman–Crippen MR) is 139 cm³/mol. The summed E-state index contributed by atoms with van der Waals surface area (Å²) < 4.78 is 28.1. The van der Waals surface area contributed by atoms with E-state index >= 15 is 0 Å². The summed E-state index contributed by atoms with van der Waals surface area (Å²) >= 11 is 6.28. The van der Waals surface area contributed by atoms with Crippen molar-refractivity contribution < 1.29 is 8.42 Å². The molecule has 0 saturated heterocycles. The standard InChI is InChI=1S/C29H22ClNO2S/c30-24-16-18-28-23(20-24)15-14-22-8-4-5-12-27(22)29(28)17-13-21-7-6-9-25(19-21)31-34(32,33)26-10-2-1-3-11-26/h1-13,16,18-20,31H,14-15H2. The third kappa shape index (κ3) is 4.71. The molecule has 1 N–H and O–H groups in total. The Balaban J connectivity index is 1.55. The lowest BCUT2D eigenvalue weighted by Crippen LogP contribution is -2.12. The van der Waals surface area contributed by atoms with Crippen molar-refractivity contribution in [2.75, 3.05) is 4.72 Å². The summed E-state index contributed by atoms with van der Waals surface area (Å²) in [6, 6.07) is 30.0. The van der Waals surface area contributed by atoms with Gasteiger partial charge in [0.2, 0.25) is 0 Å². The van der Waals surface area contributed by atoms with Gasteiger partial charge in [0.25, 0.3) is 10.0 Å². The van der Waals surface area contributed by atoms with Gasteiger partial charge >= 0.3 is 0 Å². The van der Waals surface area contributed by atoms with Crippen LogP contribution in [-0.4, -0.2) is 8.42 Å². The van der Waals surface area contributed by atoms with Crippen molar-refractivity contribution in [2.45, 2.75) is 17.7 Å². The molecule has 168 valence electrons. The van der Waals surface area contributed by atoms with Crippen LogP contribution in [0.3, 0.4) is 0 Å². The average Bonchev–Trinajstić information content (AvgIpc) is 3.00. The van der Waals surface area contributed by atoms with E-state index in [-0.39, 0.29) is 4.90 Å². The zero-order valence-electron chi connectivity index (χ0n) is 18.3. The number of sulfonamides is 1. The summed E-state index contributed by atoms with van der Waals surface area (Å²) in [7, 11) is -3.66. The molecular weight excluding hydrogens is 462 g/mol. The van der Waals surface area contributed by atoms with Crippen LogP contribution in [0.5, 0.6) is 0 Å². The summed E-state index contributed by atoms with van der Waals surface area (Å²) in [4.78, 5) is 0.225. The predicted octanol–water partition coefficient (Wildman–Crippen LogP) is 6.98. The van der Waals surface area contributed by atoms with E-state index in [2.05, 4.69) is 34.7 Å². The Hall–Kier alpha value is -3.56. The fourth-order valence-electron chi connectivity index (χ4n) is 4.23. The first-order chi connectivity index (χ1) is 16.5. The zero-order valence-corrected chi connectivity index (χ0v) is 19.9. The maximum Gasteiger partial charge on any atom is 0.261 e. The third-order valence-electron chi connectivity index (χ3n) is 5.86. The highest BCUT2D eigenvalue weighted by molar-refractivity contribution is 7.92. The number of aryl methyl sites for hydroxylation is 2. The van der Waals surface area contributed by atoms with E-state index < -0.39 is 10.0 Å². The summed E-state index contributed by atoms with van der Waals surface area (Å²) in [6.45, 7) is 0. The van der Waals surface area contributed by atoms with Gasteiger partial charge in [0.15, 0.2) is 0 Å². The Kier molecular flexibility index (Phi) is 6.12. The first kappa shape index (κ1) is 22.2. The van der Waals surface area contributed by atoms with Crippen molar-refractivity contribution in [1.82, 2.24) is 0 Å². The number of hydrogen-bond donors (Lipinski definition) is 1. The molecule has 0 heterocycles. The van der Waals surface area contributed by atoms with Crippen molar-refractivity contribution in [2.24, 2.45) is 0 Å². The number of fused-ring (bicyclic) bond motifs is 2. The lowest BCUT2D eigenvalue weighted by atomic mass is 9.94. The molecule has 4 aromatic carbocycles. The second-order valence-electron chi connectivity index (χ2n) is 8.17. The molecule has 0 fully saturated rings. The van der Waals surface area contributed by atoms with Gasteiger partial charge in [-0.2, -0.15) is 0 Å². The maximum atomic E-state index is 12.7. The Morgan fingerprint density at radius 1 is 0.765 bits per heavy atom. The Morgan fingerprint density at radius 3 is 2.35 bits per heavy atom. The van der Waals surface area contributed by atoms with Gasteiger partial charge in [-0.25, -0.2) is 8.42 Å². The SMILES string of the molecule is O=S(=O)(Nc1cccc(C=C=C2c3ccccc3CCc3cc(Cl)ccc32)c1)c1ccccc1. The van der Waals surface area contributed by atoms with Gasteiger partial charge in [0, 0.05) is 16.3 Å². The van der Waals surface area contributed by atoms with E-state index in [1.807, 2.05) is 36.4 Å². The monoisotopic (exact) mass is 483 g/mol. The molecule has 0 aromatic heterocycles. The normalized spacial score (nSPS) is 12.7. The van der Waals surface area contributed by atoms with E-state index in [0.717, 1.165) is 40.1 Å². The van der Waals surface area contributed by atoms with Crippen LogP contribution in [0.15, 0.2) is 108 Å². The quantitative estimate of drug-likeness (QED) is 0.318. The molecule has 4 aromatic rings. The van der Waals surface area contributed by atoms with Gasteiger partial charge in [-0.05, 0) is 83.1 Å². The van der Waals surface area contributed by atoms with Gasteiger partial charge in [-0.15, -0.1) is 5.73 Å². The van der Waals surface area contributed by atoms with E-state index in [1.54, 1.807) is 42.5 Å². The van der Waals surface area contributed by atoms with E-state index in [1.165, 1.54) is 11.1 Å². The summed E-state index contributed by atoms with van der Waals surface area (Å²) in [5, 5.41) is 0.728. The molecule has 0 amide bonds. The number of hydrogen-bond acceptors (Lipinski definition) is 2. The van der Waals surface area contributed by atoms with Crippen LogP contribution >= 0.6 is 11.6 Å². The molecule has 34 heavy (non-hydrogen) atoms. The van der Waals surface area contributed by atoms with Crippen LogP contribution in [0.1, 0.15) is 27.8 Å². The van der Waals surface area contributed by atoms with Crippen molar-refractivity contribution >= 4 is 39.0 Å². The largest absolute Gasteiger partial charge is 0.280 e. The highest BCUT2D eigenvalue weighted by Gasteiger charge is 2.18. The fourth-order valence-corrected chi connectivity index (χ4v) is 5.49. The highest BCUT2D eigenvalue weighted by Crippen LogP contribution is 2.34. The molecule has 5 heteroatoms. The molecule has 1 aliphatic rings. The second kappa shape index (κ2) is 9.36. The molecule has 0 radical (unpaired) electrons. The highest BCUT2D eigenvalue weighted by atomic mass is 35.5. The first-order valence-corrected chi connectivity index (χ1v) is 12.9. The second-order valence-corrected chi connectivity index (χ2v) is 10.3. The van der Waals surface area contributed by atoms with Gasteiger partial charge < -0.3 is 0 Å². The summed E-state index contributed by atoms with van der Waals surface area (Å²) in [6.07, 6.45) is 3.75. The molecular formula is C29H22ClNO2S. The molecule has 5 rings (SSSR count). The van der Waals surface area contributed by atoms with E-state index in [4.69, 9.17) is 11.6 Å². The molecule has 0 aliphatic heterocycles. The smallest absolute Gasteiger partial charge is 0.261 e. The molecule has 0 atom stereocenters. The van der Waals surface area contributed by atoms with Crippen molar-refractivity contribution in [3.8, 4) is 0 Å². The van der Waals surface area contributed by atoms with Gasteiger partial charge in [-0.3, -0.25) is 4.72 Å². The van der Waals surface area contributed by atoms with Crippen LogP contribution in [0.2, 0.25) is 5.02 Å². The van der Waals surface area contributed by atoms with Gasteiger partial charge in [-0.1, -0.05) is 72.3 Å². The Bertz CT molecular complexity index is 1540. The van der Waals surface area contributed by atoms with E-state index in [9.17, 15) is 8.42 Å². The van der Waals surface area contributed by atoms with Crippen LogP contribution in [-0.2, 0) is 22.9 Å². The summed E-state index contributed by atoms with van der Waals surface area (Å²) in [5.74, 6) is 0. The number of halogens is 1. The van der Waals surface area contributed by atoms with Crippen LogP contribution < -0.4 is 4.72 Å². The average molecular weight is 484 g/mol. The van der Waals surface area contributed by atoms with Crippen LogP contribution in [0, 0.1) is 0 Å². The molecule has 0 spiro atoms. The minimum atomic E-state index is -3.66. The van der Waals surface area contributed by atoms with Gasteiger partial charge in [0.05, 0.1) is 4.90 Å². The molecule has 0 bridgehead atoms. The number of nitrogens with one attached hydrogen (secondary N) is 1. The molecule has 1 aliphatic carbocycles. The van der Waals surface area contributed by atoms with Crippen molar-refractivity contribution in [3.05, 3.63) is 136 Å². The Labute approximate surface area is 205 Å². The Morgan fingerprint density at radius 2 is 1.50 bits per heavy atom. The topological polar surface area (TPSA) is 46.2 Å². The van der Waals surface area contributed by atoms with Crippen molar-refractivity contribution in [3.63, 3.8) is 0 Å².